The molecule has 0 saturated carbocycles. The second-order valence-electron chi connectivity index (χ2n) is 7.20. The Bertz CT molecular complexity index is 734. The van der Waals surface area contributed by atoms with E-state index in [-0.39, 0.29) is 11.9 Å². The van der Waals surface area contributed by atoms with E-state index in [0.717, 1.165) is 26.2 Å². The number of piperazine rings is 1. The Balaban J connectivity index is 1.55. The lowest BCUT2D eigenvalue weighted by Crippen LogP contribution is -2.55. The fourth-order valence-corrected chi connectivity index (χ4v) is 3.64. The zero-order valence-electron chi connectivity index (χ0n) is 15.9. The van der Waals surface area contributed by atoms with Gasteiger partial charge in [0.15, 0.2) is 0 Å². The molecule has 0 radical (unpaired) electrons. The van der Waals surface area contributed by atoms with Crippen LogP contribution in [-0.4, -0.2) is 60.0 Å². The molecule has 1 atom stereocenters. The van der Waals surface area contributed by atoms with Crippen LogP contribution in [0, 0.1) is 6.92 Å². The van der Waals surface area contributed by atoms with Gasteiger partial charge in [0.2, 0.25) is 5.91 Å². The lowest BCUT2D eigenvalue weighted by molar-refractivity contribution is -0.134. The number of likely N-dealkylation sites (N-methyl/N-ethyl adjacent to an activating group) is 1. The third-order valence-electron chi connectivity index (χ3n) is 5.01. The van der Waals surface area contributed by atoms with Gasteiger partial charge in [0.05, 0.1) is 6.54 Å². The molecule has 5 heteroatoms. The van der Waals surface area contributed by atoms with Gasteiger partial charge >= 0.3 is 0 Å². The molecule has 0 unspecified atom stereocenters. The molecule has 1 saturated heterocycles. The molecule has 0 bridgehead atoms. The molecule has 2 aromatic rings. The molecular weight excluding hydrogens is 324 g/mol. The monoisotopic (exact) mass is 352 g/mol. The van der Waals surface area contributed by atoms with Crippen LogP contribution >= 0.6 is 0 Å². The topological polar surface area (TPSA) is 39.7 Å². The molecule has 0 N–H and O–H groups in total. The lowest BCUT2D eigenvalue weighted by Gasteiger charge is -2.42. The van der Waals surface area contributed by atoms with Gasteiger partial charge in [-0.25, -0.2) is 0 Å². The minimum atomic E-state index is 0.207. The van der Waals surface area contributed by atoms with Gasteiger partial charge in [-0.05, 0) is 50.2 Å². The van der Waals surface area contributed by atoms with Crippen molar-refractivity contribution < 1.29 is 4.79 Å². The SMILES string of the molecule is Cc1ccccc1N1CCN(C(=O)CN(C)Cc2ccncc2)[C@@H](C)C1. The Labute approximate surface area is 156 Å². The molecule has 2 heterocycles. The average Bonchev–Trinajstić information content (AvgIpc) is 2.62. The van der Waals surface area contributed by atoms with Crippen molar-refractivity contribution in [3.8, 4) is 0 Å². The molecule has 138 valence electrons. The first kappa shape index (κ1) is 18.4. The first-order chi connectivity index (χ1) is 12.5. The summed E-state index contributed by atoms with van der Waals surface area (Å²) in [6.45, 7) is 8.02. The number of pyridine rings is 1. The Morgan fingerprint density at radius 1 is 1.19 bits per heavy atom. The molecule has 3 rings (SSSR count). The minimum absolute atomic E-state index is 0.207. The summed E-state index contributed by atoms with van der Waals surface area (Å²) in [7, 11) is 1.99. The molecule has 1 aliphatic heterocycles. The summed E-state index contributed by atoms with van der Waals surface area (Å²) in [5.74, 6) is 0.207. The predicted molar refractivity (Wildman–Crippen MR) is 105 cm³/mol. The van der Waals surface area contributed by atoms with Crippen LogP contribution < -0.4 is 4.90 Å². The number of aromatic nitrogens is 1. The maximum absolute atomic E-state index is 12.8. The van der Waals surface area contributed by atoms with E-state index >= 15 is 0 Å². The maximum Gasteiger partial charge on any atom is 0.237 e. The molecule has 26 heavy (non-hydrogen) atoms. The summed E-state index contributed by atoms with van der Waals surface area (Å²) in [5.41, 5.74) is 3.74. The highest BCUT2D eigenvalue weighted by Gasteiger charge is 2.28. The van der Waals surface area contributed by atoms with Crippen molar-refractivity contribution in [2.45, 2.75) is 26.4 Å². The normalized spacial score (nSPS) is 17.6. The van der Waals surface area contributed by atoms with Crippen LogP contribution in [0.3, 0.4) is 0 Å². The Morgan fingerprint density at radius 3 is 2.62 bits per heavy atom. The van der Waals surface area contributed by atoms with Crippen molar-refractivity contribution in [1.82, 2.24) is 14.8 Å². The van der Waals surface area contributed by atoms with Crippen LogP contribution in [0.15, 0.2) is 48.8 Å². The van der Waals surface area contributed by atoms with E-state index in [1.54, 1.807) is 12.4 Å². The van der Waals surface area contributed by atoms with Gasteiger partial charge in [-0.2, -0.15) is 0 Å². The highest BCUT2D eigenvalue weighted by atomic mass is 16.2. The van der Waals surface area contributed by atoms with Gasteiger partial charge in [-0.3, -0.25) is 14.7 Å². The van der Waals surface area contributed by atoms with E-state index in [1.807, 2.05) is 24.1 Å². The summed E-state index contributed by atoms with van der Waals surface area (Å²) in [6.07, 6.45) is 3.58. The van der Waals surface area contributed by atoms with Crippen molar-refractivity contribution >= 4 is 11.6 Å². The van der Waals surface area contributed by atoms with Crippen LogP contribution in [0.1, 0.15) is 18.1 Å². The van der Waals surface area contributed by atoms with Gasteiger partial charge in [-0.15, -0.1) is 0 Å². The van der Waals surface area contributed by atoms with Crippen molar-refractivity contribution in [3.05, 3.63) is 59.9 Å². The number of hydrogen-bond acceptors (Lipinski definition) is 4. The van der Waals surface area contributed by atoms with Crippen LogP contribution in [0.2, 0.25) is 0 Å². The first-order valence-corrected chi connectivity index (χ1v) is 9.22. The van der Waals surface area contributed by atoms with E-state index in [9.17, 15) is 4.79 Å². The van der Waals surface area contributed by atoms with E-state index < -0.39 is 0 Å². The van der Waals surface area contributed by atoms with Crippen molar-refractivity contribution in [3.63, 3.8) is 0 Å². The number of carbonyl (C=O) groups excluding carboxylic acids is 1. The number of hydrogen-bond donors (Lipinski definition) is 0. The van der Waals surface area contributed by atoms with Crippen LogP contribution in [0.5, 0.6) is 0 Å². The van der Waals surface area contributed by atoms with Gasteiger partial charge in [0, 0.05) is 50.3 Å². The predicted octanol–water partition coefficient (Wildman–Crippen LogP) is 2.56. The highest BCUT2D eigenvalue weighted by molar-refractivity contribution is 5.79. The fraction of sp³-hybridized carbons (Fsp3) is 0.429. The van der Waals surface area contributed by atoms with Gasteiger partial charge in [-0.1, -0.05) is 18.2 Å². The summed E-state index contributed by atoms with van der Waals surface area (Å²) in [4.78, 5) is 23.3. The number of carbonyl (C=O) groups is 1. The Hall–Kier alpha value is -2.40. The van der Waals surface area contributed by atoms with Crippen LogP contribution in [0.25, 0.3) is 0 Å². The number of nitrogens with zero attached hydrogens (tertiary/aromatic N) is 4. The molecule has 5 nitrogen and oxygen atoms in total. The Morgan fingerprint density at radius 2 is 1.92 bits per heavy atom. The van der Waals surface area contributed by atoms with Crippen molar-refractivity contribution in [2.75, 3.05) is 38.1 Å². The third kappa shape index (κ3) is 4.41. The molecule has 0 aliphatic carbocycles. The summed E-state index contributed by atoms with van der Waals surface area (Å²) >= 11 is 0. The zero-order chi connectivity index (χ0) is 18.5. The molecule has 0 spiro atoms. The average molecular weight is 352 g/mol. The van der Waals surface area contributed by atoms with Gasteiger partial charge < -0.3 is 9.80 Å². The molecule has 1 aromatic carbocycles. The quantitative estimate of drug-likeness (QED) is 0.829. The fourth-order valence-electron chi connectivity index (χ4n) is 3.64. The lowest BCUT2D eigenvalue weighted by atomic mass is 10.1. The van der Waals surface area contributed by atoms with Crippen LogP contribution in [-0.2, 0) is 11.3 Å². The van der Waals surface area contributed by atoms with E-state index in [1.165, 1.54) is 16.8 Å². The summed E-state index contributed by atoms with van der Waals surface area (Å²) in [6, 6.07) is 12.7. The zero-order valence-corrected chi connectivity index (χ0v) is 15.9. The van der Waals surface area contributed by atoms with Crippen molar-refractivity contribution in [2.24, 2.45) is 0 Å². The largest absolute Gasteiger partial charge is 0.367 e. The molecule has 1 aromatic heterocycles. The minimum Gasteiger partial charge on any atom is -0.367 e. The number of aryl methyl sites for hydroxylation is 1. The highest BCUT2D eigenvalue weighted by Crippen LogP contribution is 2.23. The maximum atomic E-state index is 12.8. The van der Waals surface area contributed by atoms with E-state index in [2.05, 4.69) is 52.9 Å². The number of benzene rings is 1. The van der Waals surface area contributed by atoms with E-state index in [4.69, 9.17) is 0 Å². The first-order valence-electron chi connectivity index (χ1n) is 9.22. The number of amides is 1. The number of anilines is 1. The Kier molecular flexibility index (Phi) is 5.89. The molecule has 1 amide bonds. The second kappa shape index (κ2) is 8.32. The summed E-state index contributed by atoms with van der Waals surface area (Å²) < 4.78 is 0. The summed E-state index contributed by atoms with van der Waals surface area (Å²) in [5, 5.41) is 0. The second-order valence-corrected chi connectivity index (χ2v) is 7.20. The third-order valence-corrected chi connectivity index (χ3v) is 5.01. The standard InChI is InChI=1S/C21H28N4O/c1-17-6-4-5-7-20(17)24-12-13-25(18(2)14-24)21(26)16-23(3)15-19-8-10-22-11-9-19/h4-11,18H,12-16H2,1-3H3/t18-/m0/s1. The molecular formula is C21H28N4O. The molecule has 1 fully saturated rings. The van der Waals surface area contributed by atoms with Gasteiger partial charge in [0.1, 0.15) is 0 Å². The molecule has 1 aliphatic rings. The number of rotatable bonds is 5. The van der Waals surface area contributed by atoms with Gasteiger partial charge in [0.25, 0.3) is 0 Å². The van der Waals surface area contributed by atoms with Crippen molar-refractivity contribution in [1.29, 1.82) is 0 Å². The van der Waals surface area contributed by atoms with Crippen LogP contribution in [0.4, 0.5) is 5.69 Å². The van der Waals surface area contributed by atoms with E-state index in [0.29, 0.717) is 6.54 Å². The number of para-hydroxylation sites is 1. The smallest absolute Gasteiger partial charge is 0.237 e.